The summed E-state index contributed by atoms with van der Waals surface area (Å²) in [4.78, 5) is 25.6. The number of hydrogen-bond acceptors (Lipinski definition) is 3. The smallest absolute Gasteiger partial charge is 0.243 e. The number of carbonyl (C=O) groups is 1. The van der Waals surface area contributed by atoms with Crippen molar-refractivity contribution in [1.82, 2.24) is 19.4 Å². The van der Waals surface area contributed by atoms with Crippen molar-refractivity contribution >= 4 is 16.9 Å². The Morgan fingerprint density at radius 1 is 0.871 bits per heavy atom. The van der Waals surface area contributed by atoms with E-state index in [1.165, 1.54) is 38.5 Å². The van der Waals surface area contributed by atoms with E-state index in [1.54, 1.807) is 6.20 Å². The van der Waals surface area contributed by atoms with Crippen LogP contribution in [0.3, 0.4) is 0 Å². The molecule has 5 nitrogen and oxygen atoms in total. The third kappa shape index (κ3) is 4.23. The van der Waals surface area contributed by atoms with E-state index in [0.29, 0.717) is 18.6 Å². The third-order valence-electron chi connectivity index (χ3n) is 7.07. The average Bonchev–Trinajstić information content (AvgIpc) is 3.20. The van der Waals surface area contributed by atoms with Gasteiger partial charge in [-0.05, 0) is 49.9 Å². The number of aromatic nitrogens is 3. The van der Waals surface area contributed by atoms with Crippen LogP contribution in [0.2, 0.25) is 0 Å². The number of benzene rings is 1. The molecule has 0 atom stereocenters. The van der Waals surface area contributed by atoms with Gasteiger partial charge in [-0.25, -0.2) is 4.98 Å². The molecule has 2 saturated carbocycles. The Morgan fingerprint density at radius 3 is 2.16 bits per heavy atom. The van der Waals surface area contributed by atoms with Crippen molar-refractivity contribution in [1.29, 1.82) is 0 Å². The normalized spacial score (nSPS) is 18.3. The average molecular weight is 417 g/mol. The summed E-state index contributed by atoms with van der Waals surface area (Å²) in [6, 6.07) is 14.8. The van der Waals surface area contributed by atoms with E-state index in [-0.39, 0.29) is 5.91 Å². The second-order valence-electron chi connectivity index (χ2n) is 9.11. The number of pyridine rings is 1. The number of imidazole rings is 1. The molecule has 0 aliphatic heterocycles. The van der Waals surface area contributed by atoms with E-state index in [1.807, 2.05) is 36.4 Å². The summed E-state index contributed by atoms with van der Waals surface area (Å²) in [5.74, 6) is 1.03. The number of hydrogen-bond donors (Lipinski definition) is 0. The zero-order valence-corrected chi connectivity index (χ0v) is 18.2. The number of amides is 1. The summed E-state index contributed by atoms with van der Waals surface area (Å²) in [5.41, 5.74) is 2.73. The van der Waals surface area contributed by atoms with Crippen LogP contribution in [0.25, 0.3) is 22.6 Å². The van der Waals surface area contributed by atoms with Crippen LogP contribution in [0.1, 0.15) is 64.2 Å². The van der Waals surface area contributed by atoms with E-state index in [4.69, 9.17) is 4.98 Å². The molecule has 0 N–H and O–H groups in total. The number of fused-ring (bicyclic) bond motifs is 1. The van der Waals surface area contributed by atoms with Gasteiger partial charge >= 0.3 is 0 Å². The van der Waals surface area contributed by atoms with Crippen LogP contribution in [0, 0.1) is 0 Å². The largest absolute Gasteiger partial charge is 0.335 e. The highest BCUT2D eigenvalue weighted by Crippen LogP contribution is 2.31. The second-order valence-corrected chi connectivity index (χ2v) is 9.11. The minimum atomic E-state index is 0.249. The van der Waals surface area contributed by atoms with E-state index < -0.39 is 0 Å². The van der Waals surface area contributed by atoms with Gasteiger partial charge in [0.05, 0.1) is 11.0 Å². The summed E-state index contributed by atoms with van der Waals surface area (Å²) < 4.78 is 2.08. The lowest BCUT2D eigenvalue weighted by atomic mass is 9.88. The Balaban J connectivity index is 1.50. The molecule has 0 unspecified atom stereocenters. The van der Waals surface area contributed by atoms with Crippen LogP contribution >= 0.6 is 0 Å². The first kappa shape index (κ1) is 20.2. The van der Waals surface area contributed by atoms with Crippen LogP contribution in [-0.2, 0) is 11.3 Å². The lowest BCUT2D eigenvalue weighted by Gasteiger charge is -2.42. The Hall–Kier alpha value is -2.69. The Morgan fingerprint density at radius 2 is 1.52 bits per heavy atom. The molecule has 1 aromatic carbocycles. The summed E-state index contributed by atoms with van der Waals surface area (Å²) in [5, 5.41) is 0. The molecule has 5 heteroatoms. The molecule has 0 radical (unpaired) electrons. The maximum absolute atomic E-state index is 13.9. The van der Waals surface area contributed by atoms with Crippen molar-refractivity contribution in [2.45, 2.75) is 82.8 Å². The van der Waals surface area contributed by atoms with Gasteiger partial charge in [0.25, 0.3) is 0 Å². The van der Waals surface area contributed by atoms with Crippen molar-refractivity contribution < 1.29 is 4.79 Å². The lowest BCUT2D eigenvalue weighted by Crippen LogP contribution is -2.50. The first-order valence-electron chi connectivity index (χ1n) is 12.0. The fourth-order valence-electron chi connectivity index (χ4n) is 5.57. The highest BCUT2D eigenvalue weighted by molar-refractivity contribution is 5.84. The van der Waals surface area contributed by atoms with Gasteiger partial charge in [0.2, 0.25) is 5.91 Å². The van der Waals surface area contributed by atoms with E-state index in [2.05, 4.69) is 20.5 Å². The molecule has 5 rings (SSSR count). The van der Waals surface area contributed by atoms with Gasteiger partial charge < -0.3 is 9.47 Å². The highest BCUT2D eigenvalue weighted by Gasteiger charge is 2.33. The molecule has 31 heavy (non-hydrogen) atoms. The van der Waals surface area contributed by atoms with Crippen molar-refractivity contribution in [2.75, 3.05) is 0 Å². The SMILES string of the molecule is O=C(Cn1c(-c2ccccn2)nc2ccccc21)N(C1CCCCC1)C1CCCCC1. The predicted molar refractivity (Wildman–Crippen MR) is 124 cm³/mol. The topological polar surface area (TPSA) is 51.0 Å². The third-order valence-corrected chi connectivity index (χ3v) is 7.07. The van der Waals surface area contributed by atoms with Crippen molar-refractivity contribution in [2.24, 2.45) is 0 Å². The van der Waals surface area contributed by atoms with Gasteiger partial charge in [0, 0.05) is 18.3 Å². The summed E-state index contributed by atoms with van der Waals surface area (Å²) in [6.45, 7) is 0.333. The first-order chi connectivity index (χ1) is 15.3. The van der Waals surface area contributed by atoms with E-state index in [0.717, 1.165) is 48.2 Å². The number of para-hydroxylation sites is 2. The van der Waals surface area contributed by atoms with Gasteiger partial charge in [-0.1, -0.05) is 56.7 Å². The van der Waals surface area contributed by atoms with Crippen molar-refractivity contribution in [3.8, 4) is 11.5 Å². The fourth-order valence-corrected chi connectivity index (χ4v) is 5.57. The zero-order chi connectivity index (χ0) is 21.0. The molecule has 2 heterocycles. The van der Waals surface area contributed by atoms with Crippen molar-refractivity contribution in [3.05, 3.63) is 48.7 Å². The van der Waals surface area contributed by atoms with Gasteiger partial charge in [0.15, 0.2) is 5.82 Å². The maximum atomic E-state index is 13.9. The van der Waals surface area contributed by atoms with Crippen LogP contribution in [0.5, 0.6) is 0 Å². The molecule has 162 valence electrons. The number of nitrogens with zero attached hydrogens (tertiary/aromatic N) is 4. The predicted octanol–water partition coefficient (Wildman–Crippen LogP) is 5.59. The molecule has 2 aliphatic rings. The Labute approximate surface area is 184 Å². The molecule has 2 aromatic heterocycles. The number of carbonyl (C=O) groups excluding carboxylic acids is 1. The van der Waals surface area contributed by atoms with Crippen LogP contribution in [0.4, 0.5) is 0 Å². The molecule has 0 saturated heterocycles. The molecular formula is C26H32N4O. The summed E-state index contributed by atoms with van der Waals surface area (Å²) in [7, 11) is 0. The van der Waals surface area contributed by atoms with Gasteiger partial charge in [-0.3, -0.25) is 9.78 Å². The molecule has 0 spiro atoms. The monoisotopic (exact) mass is 416 g/mol. The maximum Gasteiger partial charge on any atom is 0.243 e. The number of rotatable bonds is 5. The standard InChI is InChI=1S/C26H32N4O/c31-25(30(20-11-3-1-4-12-20)21-13-5-2-6-14-21)19-29-24-17-8-7-15-22(24)28-26(29)23-16-9-10-18-27-23/h7-10,15-18,20-21H,1-6,11-14,19H2. The molecule has 1 amide bonds. The molecule has 2 fully saturated rings. The van der Waals surface area contributed by atoms with Crippen LogP contribution < -0.4 is 0 Å². The van der Waals surface area contributed by atoms with E-state index >= 15 is 0 Å². The highest BCUT2D eigenvalue weighted by atomic mass is 16.2. The quantitative estimate of drug-likeness (QED) is 0.545. The summed E-state index contributed by atoms with van der Waals surface area (Å²) in [6.07, 6.45) is 14.0. The lowest BCUT2D eigenvalue weighted by molar-refractivity contribution is -0.138. The first-order valence-corrected chi connectivity index (χ1v) is 12.0. The molecule has 3 aromatic rings. The minimum absolute atomic E-state index is 0.249. The van der Waals surface area contributed by atoms with Crippen molar-refractivity contribution in [3.63, 3.8) is 0 Å². The van der Waals surface area contributed by atoms with Crippen LogP contribution in [0.15, 0.2) is 48.7 Å². The van der Waals surface area contributed by atoms with Crippen LogP contribution in [-0.4, -0.2) is 37.4 Å². The molecule has 0 bridgehead atoms. The minimum Gasteiger partial charge on any atom is -0.335 e. The molecule has 2 aliphatic carbocycles. The van der Waals surface area contributed by atoms with Gasteiger partial charge in [0.1, 0.15) is 12.2 Å². The fraction of sp³-hybridized carbons (Fsp3) is 0.500. The van der Waals surface area contributed by atoms with E-state index in [9.17, 15) is 4.79 Å². The van der Waals surface area contributed by atoms with Gasteiger partial charge in [-0.2, -0.15) is 0 Å². The van der Waals surface area contributed by atoms with Gasteiger partial charge in [-0.15, -0.1) is 0 Å². The molecular weight excluding hydrogens is 384 g/mol. The summed E-state index contributed by atoms with van der Waals surface area (Å²) >= 11 is 0. The zero-order valence-electron chi connectivity index (χ0n) is 18.2. The Kier molecular flexibility index (Phi) is 6.01. The second kappa shape index (κ2) is 9.21. The Bertz CT molecular complexity index is 998.